The number of thiocarbonyl (C=S) groups is 1. The molecule has 0 unspecified atom stereocenters. The van der Waals surface area contributed by atoms with E-state index in [0.29, 0.717) is 23.3 Å². The second-order valence-corrected chi connectivity index (χ2v) is 8.94. The maximum atomic E-state index is 12.4. The largest absolute Gasteiger partial charge is 0.462 e. The Morgan fingerprint density at radius 3 is 2.61 bits per heavy atom. The zero-order valence-electron chi connectivity index (χ0n) is 16.5. The van der Waals surface area contributed by atoms with E-state index in [-0.39, 0.29) is 5.97 Å². The normalized spacial score (nSPS) is 19.1. The van der Waals surface area contributed by atoms with Gasteiger partial charge in [0, 0.05) is 17.3 Å². The van der Waals surface area contributed by atoms with E-state index in [2.05, 4.69) is 29.7 Å². The van der Waals surface area contributed by atoms with Gasteiger partial charge >= 0.3 is 5.97 Å². The first-order valence-electron chi connectivity index (χ1n) is 9.96. The first kappa shape index (κ1) is 20.8. The number of rotatable bonds is 6. The Hall–Kier alpha value is -1.92. The van der Waals surface area contributed by atoms with Gasteiger partial charge in [-0.2, -0.15) is 0 Å². The predicted molar refractivity (Wildman–Crippen MR) is 120 cm³/mol. The second kappa shape index (κ2) is 10.0. The molecule has 0 atom stereocenters. The molecule has 1 aromatic heterocycles. The van der Waals surface area contributed by atoms with Crippen molar-refractivity contribution in [3.05, 3.63) is 52.4 Å². The molecule has 4 nitrogen and oxygen atoms in total. The molecule has 0 amide bonds. The number of carbonyl (C=O) groups excluding carboxylic acids is 1. The third kappa shape index (κ3) is 5.79. The molecule has 1 fully saturated rings. The molecule has 2 N–H and O–H groups in total. The molecule has 1 aliphatic carbocycles. The summed E-state index contributed by atoms with van der Waals surface area (Å²) in [5, 5.41) is 8.01. The van der Waals surface area contributed by atoms with E-state index in [1.54, 1.807) is 11.3 Å². The van der Waals surface area contributed by atoms with Gasteiger partial charge in [-0.25, -0.2) is 4.79 Å². The molecule has 6 heteroatoms. The summed E-state index contributed by atoms with van der Waals surface area (Å²) in [5.74, 6) is 0.489. The molecule has 0 bridgehead atoms. The molecule has 1 saturated carbocycles. The molecular weight excluding hydrogens is 388 g/mol. The number of thiophene rings is 1. The Morgan fingerprint density at radius 1 is 1.21 bits per heavy atom. The van der Waals surface area contributed by atoms with E-state index < -0.39 is 0 Å². The zero-order valence-corrected chi connectivity index (χ0v) is 18.1. The lowest BCUT2D eigenvalue weighted by atomic mass is 9.87. The van der Waals surface area contributed by atoms with Crippen LogP contribution in [0.5, 0.6) is 0 Å². The van der Waals surface area contributed by atoms with Crippen LogP contribution in [0.15, 0.2) is 36.4 Å². The molecule has 3 rings (SSSR count). The van der Waals surface area contributed by atoms with Crippen molar-refractivity contribution in [2.75, 3.05) is 11.9 Å². The standard InChI is InChI=1S/C22H28N2O2S2/c1-3-26-21(25)19-14-18(13-16-7-5-4-6-8-16)28-20(19)24-22(27)23-17-11-9-15(2)10-12-17/h4-8,14-15,17H,3,9-13H2,1-2H3,(H2,23,24,27). The minimum atomic E-state index is -0.310. The summed E-state index contributed by atoms with van der Waals surface area (Å²) in [6.07, 6.45) is 5.51. The van der Waals surface area contributed by atoms with Crippen molar-refractivity contribution in [3.63, 3.8) is 0 Å². The highest BCUT2D eigenvalue weighted by Gasteiger charge is 2.21. The van der Waals surface area contributed by atoms with Crippen molar-refractivity contribution in [2.45, 2.75) is 52.0 Å². The number of hydrogen-bond donors (Lipinski definition) is 2. The summed E-state index contributed by atoms with van der Waals surface area (Å²) in [6.45, 7) is 4.47. The summed E-state index contributed by atoms with van der Waals surface area (Å²) in [7, 11) is 0. The molecule has 1 aliphatic rings. The Labute approximate surface area is 176 Å². The van der Waals surface area contributed by atoms with Gasteiger partial charge in [-0.1, -0.05) is 37.3 Å². The van der Waals surface area contributed by atoms with Crippen LogP contribution < -0.4 is 10.6 Å². The lowest BCUT2D eigenvalue weighted by Crippen LogP contribution is -2.39. The lowest BCUT2D eigenvalue weighted by Gasteiger charge is -2.27. The van der Waals surface area contributed by atoms with Gasteiger partial charge in [0.05, 0.1) is 12.2 Å². The number of esters is 1. The maximum absolute atomic E-state index is 12.4. The summed E-state index contributed by atoms with van der Waals surface area (Å²) in [4.78, 5) is 13.5. The number of benzene rings is 1. The minimum absolute atomic E-state index is 0.310. The topological polar surface area (TPSA) is 50.4 Å². The van der Waals surface area contributed by atoms with Gasteiger partial charge in [0.1, 0.15) is 5.00 Å². The Kier molecular flexibility index (Phi) is 7.45. The van der Waals surface area contributed by atoms with Crippen LogP contribution in [0.1, 0.15) is 60.3 Å². The van der Waals surface area contributed by atoms with E-state index in [4.69, 9.17) is 17.0 Å². The van der Waals surface area contributed by atoms with Crippen molar-refractivity contribution in [2.24, 2.45) is 5.92 Å². The number of anilines is 1. The van der Waals surface area contributed by atoms with Crippen LogP contribution in [0.3, 0.4) is 0 Å². The molecule has 0 aliphatic heterocycles. The Balaban J connectivity index is 1.70. The van der Waals surface area contributed by atoms with Crippen molar-refractivity contribution in [1.82, 2.24) is 5.32 Å². The number of ether oxygens (including phenoxy) is 1. The molecule has 2 aromatic rings. The Bertz CT molecular complexity index is 796. The molecule has 0 radical (unpaired) electrons. The first-order valence-corrected chi connectivity index (χ1v) is 11.2. The minimum Gasteiger partial charge on any atom is -0.462 e. The molecule has 1 heterocycles. The third-order valence-corrected chi connectivity index (χ3v) is 6.35. The van der Waals surface area contributed by atoms with Crippen molar-refractivity contribution in [1.29, 1.82) is 0 Å². The van der Waals surface area contributed by atoms with Gasteiger partial charge in [-0.15, -0.1) is 11.3 Å². The summed E-state index contributed by atoms with van der Waals surface area (Å²) in [6, 6.07) is 12.6. The van der Waals surface area contributed by atoms with Crippen LogP contribution in [-0.2, 0) is 11.2 Å². The van der Waals surface area contributed by atoms with Crippen molar-refractivity contribution < 1.29 is 9.53 Å². The number of nitrogens with one attached hydrogen (secondary N) is 2. The zero-order chi connectivity index (χ0) is 19.9. The molecular formula is C22H28N2O2S2. The van der Waals surface area contributed by atoms with Gasteiger partial charge in [0.15, 0.2) is 5.11 Å². The summed E-state index contributed by atoms with van der Waals surface area (Å²) >= 11 is 7.09. The first-order chi connectivity index (χ1) is 13.5. The maximum Gasteiger partial charge on any atom is 0.341 e. The highest BCUT2D eigenvalue weighted by molar-refractivity contribution is 7.80. The average molecular weight is 417 g/mol. The fourth-order valence-electron chi connectivity index (χ4n) is 3.51. The fourth-order valence-corrected chi connectivity index (χ4v) is 4.93. The second-order valence-electron chi connectivity index (χ2n) is 7.39. The quantitative estimate of drug-likeness (QED) is 0.489. The fraction of sp³-hybridized carbons (Fsp3) is 0.455. The van der Waals surface area contributed by atoms with Crippen LogP contribution in [-0.4, -0.2) is 23.7 Å². The van der Waals surface area contributed by atoms with Crippen LogP contribution in [0, 0.1) is 5.92 Å². The van der Waals surface area contributed by atoms with Crippen LogP contribution in [0.25, 0.3) is 0 Å². The van der Waals surface area contributed by atoms with Crippen LogP contribution >= 0.6 is 23.6 Å². The monoisotopic (exact) mass is 416 g/mol. The molecule has 150 valence electrons. The summed E-state index contributed by atoms with van der Waals surface area (Å²) in [5.41, 5.74) is 1.77. The SMILES string of the molecule is CCOC(=O)c1cc(Cc2ccccc2)sc1NC(=S)NC1CCC(C)CC1. The van der Waals surface area contributed by atoms with Crippen molar-refractivity contribution in [3.8, 4) is 0 Å². The third-order valence-electron chi connectivity index (χ3n) is 5.08. The van der Waals surface area contributed by atoms with Crippen LogP contribution in [0.2, 0.25) is 0 Å². The van der Waals surface area contributed by atoms with Crippen molar-refractivity contribution >= 4 is 39.6 Å². The van der Waals surface area contributed by atoms with E-state index >= 15 is 0 Å². The molecule has 28 heavy (non-hydrogen) atoms. The smallest absolute Gasteiger partial charge is 0.341 e. The highest BCUT2D eigenvalue weighted by Crippen LogP contribution is 2.31. The molecule has 1 aromatic carbocycles. The predicted octanol–water partition coefficient (Wildman–Crippen LogP) is 5.38. The van der Waals surface area contributed by atoms with Crippen LogP contribution in [0.4, 0.5) is 5.00 Å². The summed E-state index contributed by atoms with van der Waals surface area (Å²) < 4.78 is 5.24. The average Bonchev–Trinajstić information content (AvgIpc) is 3.06. The van der Waals surface area contributed by atoms with E-state index in [0.717, 1.165) is 35.1 Å². The van der Waals surface area contributed by atoms with Gasteiger partial charge in [0.2, 0.25) is 0 Å². The lowest BCUT2D eigenvalue weighted by molar-refractivity contribution is 0.0528. The highest BCUT2D eigenvalue weighted by atomic mass is 32.1. The van der Waals surface area contributed by atoms with E-state index in [1.807, 2.05) is 31.2 Å². The number of carbonyl (C=O) groups is 1. The van der Waals surface area contributed by atoms with Gasteiger partial charge < -0.3 is 15.4 Å². The van der Waals surface area contributed by atoms with Gasteiger partial charge in [-0.3, -0.25) is 0 Å². The molecule has 0 saturated heterocycles. The van der Waals surface area contributed by atoms with E-state index in [9.17, 15) is 4.79 Å². The van der Waals surface area contributed by atoms with Gasteiger partial charge in [-0.05, 0) is 62.4 Å². The number of hydrogen-bond acceptors (Lipinski definition) is 4. The van der Waals surface area contributed by atoms with Gasteiger partial charge in [0.25, 0.3) is 0 Å². The Morgan fingerprint density at radius 2 is 1.93 bits per heavy atom. The molecule has 0 spiro atoms. The van der Waals surface area contributed by atoms with E-state index in [1.165, 1.54) is 18.4 Å².